The first-order chi connectivity index (χ1) is 9.00. The third kappa shape index (κ3) is 2.75. The molecule has 0 amide bonds. The highest BCUT2D eigenvalue weighted by atomic mass is 19.1. The van der Waals surface area contributed by atoms with Gasteiger partial charge in [0, 0.05) is 6.54 Å². The van der Waals surface area contributed by atoms with E-state index in [1.54, 1.807) is 6.92 Å². The summed E-state index contributed by atoms with van der Waals surface area (Å²) in [7, 11) is 0. The number of aryl methyl sites for hydroxylation is 2. The molecule has 3 heteroatoms. The Morgan fingerprint density at radius 3 is 2.42 bits per heavy atom. The summed E-state index contributed by atoms with van der Waals surface area (Å²) in [6.07, 6.45) is 0. The number of hydrogen-bond donors (Lipinski definition) is 1. The van der Waals surface area contributed by atoms with Gasteiger partial charge in [-0.1, -0.05) is 24.3 Å². The van der Waals surface area contributed by atoms with Crippen LogP contribution in [0.1, 0.15) is 22.3 Å². The van der Waals surface area contributed by atoms with E-state index in [0.717, 1.165) is 11.1 Å². The van der Waals surface area contributed by atoms with Crippen molar-refractivity contribution in [3.8, 4) is 0 Å². The van der Waals surface area contributed by atoms with Crippen LogP contribution in [0.2, 0.25) is 0 Å². The first-order valence-electron chi connectivity index (χ1n) is 6.24. The minimum absolute atomic E-state index is 0.0547. The number of anilines is 1. The monoisotopic (exact) mass is 261 g/mol. The molecule has 0 spiro atoms. The van der Waals surface area contributed by atoms with Crippen molar-refractivity contribution < 1.29 is 8.78 Å². The lowest BCUT2D eigenvalue weighted by atomic mass is 10.0. The number of hydrogen-bond acceptors (Lipinski definition) is 1. The van der Waals surface area contributed by atoms with Crippen molar-refractivity contribution in [2.24, 2.45) is 0 Å². The summed E-state index contributed by atoms with van der Waals surface area (Å²) >= 11 is 0. The highest BCUT2D eigenvalue weighted by Gasteiger charge is 2.11. The van der Waals surface area contributed by atoms with Gasteiger partial charge in [0.2, 0.25) is 0 Å². The van der Waals surface area contributed by atoms with Gasteiger partial charge in [0.25, 0.3) is 0 Å². The first-order valence-corrected chi connectivity index (χ1v) is 6.24. The average molecular weight is 261 g/mol. The van der Waals surface area contributed by atoms with Gasteiger partial charge < -0.3 is 5.32 Å². The molecule has 0 atom stereocenters. The molecule has 0 fully saturated rings. The van der Waals surface area contributed by atoms with Gasteiger partial charge in [-0.2, -0.15) is 0 Å². The van der Waals surface area contributed by atoms with Crippen LogP contribution in [-0.4, -0.2) is 0 Å². The van der Waals surface area contributed by atoms with Crippen LogP contribution in [0.3, 0.4) is 0 Å². The Bertz CT molecular complexity index is 606. The van der Waals surface area contributed by atoms with E-state index in [0.29, 0.717) is 12.1 Å². The zero-order chi connectivity index (χ0) is 14.0. The summed E-state index contributed by atoms with van der Waals surface area (Å²) in [5.41, 5.74) is 3.74. The van der Waals surface area contributed by atoms with E-state index in [1.165, 1.54) is 17.7 Å². The van der Waals surface area contributed by atoms with E-state index >= 15 is 0 Å². The molecular formula is C16H17F2N. The lowest BCUT2D eigenvalue weighted by molar-refractivity contribution is 0.582. The van der Waals surface area contributed by atoms with E-state index < -0.39 is 11.6 Å². The van der Waals surface area contributed by atoms with Crippen molar-refractivity contribution in [3.63, 3.8) is 0 Å². The Morgan fingerprint density at radius 2 is 1.68 bits per heavy atom. The summed E-state index contributed by atoms with van der Waals surface area (Å²) in [6.45, 7) is 6.06. The van der Waals surface area contributed by atoms with E-state index in [-0.39, 0.29) is 5.69 Å². The molecule has 0 aromatic heterocycles. The fourth-order valence-electron chi connectivity index (χ4n) is 2.01. The summed E-state index contributed by atoms with van der Waals surface area (Å²) in [5.74, 6) is -1.08. The maximum Gasteiger partial charge on any atom is 0.152 e. The van der Waals surface area contributed by atoms with E-state index in [1.807, 2.05) is 32.0 Å². The molecule has 0 saturated heterocycles. The number of nitrogens with one attached hydrogen (secondary N) is 1. The molecule has 0 heterocycles. The first kappa shape index (κ1) is 13.5. The van der Waals surface area contributed by atoms with Gasteiger partial charge in [0.15, 0.2) is 5.82 Å². The maximum absolute atomic E-state index is 13.8. The Hall–Kier alpha value is -1.90. The second kappa shape index (κ2) is 5.39. The average Bonchev–Trinajstić information content (AvgIpc) is 2.39. The Kier molecular flexibility index (Phi) is 3.84. The van der Waals surface area contributed by atoms with Crippen molar-refractivity contribution in [1.29, 1.82) is 0 Å². The normalized spacial score (nSPS) is 10.6. The van der Waals surface area contributed by atoms with Gasteiger partial charge in [0.1, 0.15) is 11.5 Å². The van der Waals surface area contributed by atoms with Crippen LogP contribution in [-0.2, 0) is 6.54 Å². The Labute approximate surface area is 112 Å². The van der Waals surface area contributed by atoms with Crippen molar-refractivity contribution in [2.45, 2.75) is 27.3 Å². The van der Waals surface area contributed by atoms with Crippen molar-refractivity contribution in [2.75, 3.05) is 5.32 Å². The molecule has 2 aromatic carbocycles. The predicted molar refractivity (Wildman–Crippen MR) is 74.3 cm³/mol. The lowest BCUT2D eigenvalue weighted by Crippen LogP contribution is -2.06. The van der Waals surface area contributed by atoms with Gasteiger partial charge in [-0.3, -0.25) is 0 Å². The molecule has 0 saturated carbocycles. The standard InChI is InChI=1S/C16H17F2N/c1-10-5-4-6-13(12(10)3)9-19-16-14(17)8-7-11(2)15(16)18/h4-8,19H,9H2,1-3H3. The van der Waals surface area contributed by atoms with E-state index in [2.05, 4.69) is 5.32 Å². The maximum atomic E-state index is 13.8. The second-order valence-corrected chi connectivity index (χ2v) is 4.77. The summed E-state index contributed by atoms with van der Waals surface area (Å²) in [6, 6.07) is 8.65. The molecule has 19 heavy (non-hydrogen) atoms. The van der Waals surface area contributed by atoms with E-state index in [4.69, 9.17) is 0 Å². The fourth-order valence-corrected chi connectivity index (χ4v) is 2.01. The molecule has 0 aliphatic heterocycles. The molecule has 0 unspecified atom stereocenters. The van der Waals surface area contributed by atoms with Crippen LogP contribution in [0.15, 0.2) is 30.3 Å². The summed E-state index contributed by atoms with van der Waals surface area (Å²) in [4.78, 5) is 0. The SMILES string of the molecule is Cc1cccc(CNc2c(F)ccc(C)c2F)c1C. The zero-order valence-corrected chi connectivity index (χ0v) is 11.3. The quantitative estimate of drug-likeness (QED) is 0.857. The molecule has 2 rings (SSSR count). The fraction of sp³-hybridized carbons (Fsp3) is 0.250. The molecule has 0 bridgehead atoms. The molecule has 0 radical (unpaired) electrons. The molecule has 1 N–H and O–H groups in total. The third-order valence-corrected chi connectivity index (χ3v) is 3.46. The third-order valence-electron chi connectivity index (χ3n) is 3.46. The topological polar surface area (TPSA) is 12.0 Å². The van der Waals surface area contributed by atoms with Crippen LogP contribution in [0.5, 0.6) is 0 Å². The van der Waals surface area contributed by atoms with Crippen molar-refractivity contribution in [3.05, 3.63) is 64.2 Å². The molecule has 0 aliphatic rings. The molecule has 1 nitrogen and oxygen atoms in total. The van der Waals surface area contributed by atoms with Gasteiger partial charge in [-0.05, 0) is 49.1 Å². The molecular weight excluding hydrogens is 244 g/mol. The highest BCUT2D eigenvalue weighted by Crippen LogP contribution is 2.23. The second-order valence-electron chi connectivity index (χ2n) is 4.77. The molecule has 2 aromatic rings. The van der Waals surface area contributed by atoms with Gasteiger partial charge >= 0.3 is 0 Å². The van der Waals surface area contributed by atoms with Crippen molar-refractivity contribution in [1.82, 2.24) is 0 Å². The number of rotatable bonds is 3. The van der Waals surface area contributed by atoms with Gasteiger partial charge in [0.05, 0.1) is 0 Å². The number of benzene rings is 2. The summed E-state index contributed by atoms with van der Waals surface area (Å²) in [5, 5.41) is 2.86. The van der Waals surface area contributed by atoms with Crippen LogP contribution in [0, 0.1) is 32.4 Å². The van der Waals surface area contributed by atoms with Crippen LogP contribution in [0.4, 0.5) is 14.5 Å². The Balaban J connectivity index is 2.24. The predicted octanol–water partition coefficient (Wildman–Crippen LogP) is 4.50. The summed E-state index contributed by atoms with van der Waals surface area (Å²) < 4.78 is 27.5. The minimum atomic E-state index is -0.562. The van der Waals surface area contributed by atoms with E-state index in [9.17, 15) is 8.78 Å². The lowest BCUT2D eigenvalue weighted by Gasteiger charge is -2.13. The zero-order valence-electron chi connectivity index (χ0n) is 11.3. The molecule has 100 valence electrons. The van der Waals surface area contributed by atoms with Crippen LogP contribution >= 0.6 is 0 Å². The van der Waals surface area contributed by atoms with Crippen molar-refractivity contribution >= 4 is 5.69 Å². The largest absolute Gasteiger partial charge is 0.376 e. The van der Waals surface area contributed by atoms with Gasteiger partial charge in [-0.15, -0.1) is 0 Å². The van der Waals surface area contributed by atoms with Crippen LogP contribution in [0.25, 0.3) is 0 Å². The highest BCUT2D eigenvalue weighted by molar-refractivity contribution is 5.50. The van der Waals surface area contributed by atoms with Crippen LogP contribution < -0.4 is 5.32 Å². The smallest absolute Gasteiger partial charge is 0.152 e. The Morgan fingerprint density at radius 1 is 0.947 bits per heavy atom. The minimum Gasteiger partial charge on any atom is -0.376 e. The number of halogens is 2. The van der Waals surface area contributed by atoms with Gasteiger partial charge in [-0.25, -0.2) is 8.78 Å². The molecule has 0 aliphatic carbocycles.